The monoisotopic (exact) mass is 308 g/mol. The van der Waals surface area contributed by atoms with Crippen molar-refractivity contribution in [3.63, 3.8) is 0 Å². The van der Waals surface area contributed by atoms with Crippen molar-refractivity contribution in [1.29, 1.82) is 0 Å². The van der Waals surface area contributed by atoms with Crippen molar-refractivity contribution in [1.82, 2.24) is 10.2 Å². The number of carboxylic acid groups (broad SMARTS) is 1. The first-order chi connectivity index (χ1) is 9.34. The van der Waals surface area contributed by atoms with Crippen LogP contribution >= 0.6 is 0 Å². The van der Waals surface area contributed by atoms with Crippen LogP contribution in [0.2, 0.25) is 0 Å². The summed E-state index contributed by atoms with van der Waals surface area (Å²) in [6.45, 7) is -0.105. The minimum absolute atomic E-state index is 0.0933. The van der Waals surface area contributed by atoms with Gasteiger partial charge in [-0.1, -0.05) is 0 Å². The largest absolute Gasteiger partial charge is 0.480 e. The summed E-state index contributed by atoms with van der Waals surface area (Å²) < 4.78 is 27.8. The molecule has 0 saturated carbocycles. The van der Waals surface area contributed by atoms with Crippen LogP contribution in [0.4, 0.5) is 4.79 Å². The third-order valence-electron chi connectivity index (χ3n) is 2.97. The Balaban J connectivity index is 2.58. The minimum atomic E-state index is -3.12. The van der Waals surface area contributed by atoms with Gasteiger partial charge in [-0.3, -0.25) is 4.79 Å². The Labute approximate surface area is 118 Å². The van der Waals surface area contributed by atoms with Gasteiger partial charge in [0, 0.05) is 19.7 Å². The maximum atomic E-state index is 12.0. The zero-order valence-corrected chi connectivity index (χ0v) is 12.2. The summed E-state index contributed by atoms with van der Waals surface area (Å²) in [6, 6.07) is -1.04. The van der Waals surface area contributed by atoms with E-state index in [2.05, 4.69) is 5.32 Å². The molecule has 0 aromatic carbocycles. The molecule has 1 saturated heterocycles. The molecule has 0 aromatic heterocycles. The lowest BCUT2D eigenvalue weighted by molar-refractivity contribution is -0.137. The Bertz CT molecular complexity index is 450. The number of urea groups is 1. The summed E-state index contributed by atoms with van der Waals surface area (Å²) in [6.07, 6.45) is 1.08. The Hall–Kier alpha value is -1.35. The molecule has 0 aliphatic carbocycles. The number of nitrogens with zero attached hydrogens (tertiary/aromatic N) is 1. The van der Waals surface area contributed by atoms with Crippen molar-refractivity contribution in [3.8, 4) is 0 Å². The van der Waals surface area contributed by atoms with Gasteiger partial charge in [0.25, 0.3) is 0 Å². The highest BCUT2D eigenvalue weighted by Crippen LogP contribution is 2.12. The molecule has 1 unspecified atom stereocenters. The van der Waals surface area contributed by atoms with Crippen molar-refractivity contribution in [2.24, 2.45) is 0 Å². The third-order valence-corrected chi connectivity index (χ3v) is 4.79. The number of rotatable bonds is 6. The fourth-order valence-electron chi connectivity index (χ4n) is 2.02. The number of carbonyl (C=O) groups is 2. The summed E-state index contributed by atoms with van der Waals surface area (Å²) in [5.41, 5.74) is 0. The number of hydrogen-bond donors (Lipinski definition) is 2. The van der Waals surface area contributed by atoms with E-state index in [1.54, 1.807) is 0 Å². The SMILES string of the molecule is COCCN(CC(=O)O)C(=O)NC1CCCS(=O)(=O)C1. The zero-order chi connectivity index (χ0) is 15.2. The number of aliphatic carboxylic acids is 1. The zero-order valence-electron chi connectivity index (χ0n) is 11.4. The topological polar surface area (TPSA) is 113 Å². The number of sulfone groups is 1. The second-order valence-electron chi connectivity index (χ2n) is 4.71. The van der Waals surface area contributed by atoms with Crippen molar-refractivity contribution in [2.45, 2.75) is 18.9 Å². The van der Waals surface area contributed by atoms with Crippen LogP contribution < -0.4 is 5.32 Å². The number of amides is 2. The average molecular weight is 308 g/mol. The first kappa shape index (κ1) is 16.7. The molecule has 2 amide bonds. The molecule has 1 aliphatic rings. The Kier molecular flexibility index (Phi) is 6.21. The summed E-state index contributed by atoms with van der Waals surface area (Å²) in [4.78, 5) is 23.8. The summed E-state index contributed by atoms with van der Waals surface area (Å²) in [5, 5.41) is 11.3. The molecule has 0 aromatic rings. The van der Waals surface area contributed by atoms with E-state index in [9.17, 15) is 18.0 Å². The molecular weight excluding hydrogens is 288 g/mol. The number of carbonyl (C=O) groups excluding carboxylic acids is 1. The Morgan fingerprint density at radius 3 is 2.70 bits per heavy atom. The Morgan fingerprint density at radius 2 is 2.15 bits per heavy atom. The number of nitrogens with one attached hydrogen (secondary N) is 1. The molecule has 1 heterocycles. The molecule has 1 aliphatic heterocycles. The molecule has 2 N–H and O–H groups in total. The van der Waals surface area contributed by atoms with Crippen molar-refractivity contribution >= 4 is 21.8 Å². The van der Waals surface area contributed by atoms with E-state index in [4.69, 9.17) is 9.84 Å². The molecule has 20 heavy (non-hydrogen) atoms. The maximum Gasteiger partial charge on any atom is 0.323 e. The fraction of sp³-hybridized carbons (Fsp3) is 0.818. The number of hydrogen-bond acceptors (Lipinski definition) is 5. The van der Waals surface area contributed by atoms with E-state index < -0.39 is 34.4 Å². The average Bonchev–Trinajstić information content (AvgIpc) is 2.32. The van der Waals surface area contributed by atoms with Crippen molar-refractivity contribution < 1.29 is 27.9 Å². The number of carboxylic acids is 1. The van der Waals surface area contributed by atoms with Gasteiger partial charge in [0.2, 0.25) is 0 Å². The molecule has 8 nitrogen and oxygen atoms in total. The van der Waals surface area contributed by atoms with E-state index in [1.165, 1.54) is 7.11 Å². The van der Waals surface area contributed by atoms with E-state index in [0.29, 0.717) is 12.8 Å². The van der Waals surface area contributed by atoms with Gasteiger partial charge in [0.1, 0.15) is 6.54 Å². The molecule has 0 bridgehead atoms. The van der Waals surface area contributed by atoms with Crippen LogP contribution in [0.1, 0.15) is 12.8 Å². The number of ether oxygens (including phenoxy) is 1. The highest BCUT2D eigenvalue weighted by Gasteiger charge is 2.27. The van der Waals surface area contributed by atoms with Crippen LogP contribution in [-0.4, -0.2) is 74.8 Å². The molecule has 1 atom stereocenters. The van der Waals surface area contributed by atoms with Gasteiger partial charge in [0.05, 0.1) is 18.1 Å². The van der Waals surface area contributed by atoms with Crippen LogP contribution in [0.3, 0.4) is 0 Å². The lowest BCUT2D eigenvalue weighted by atomic mass is 10.2. The second-order valence-corrected chi connectivity index (χ2v) is 6.94. The summed E-state index contributed by atoms with van der Waals surface area (Å²) in [7, 11) is -1.67. The molecule has 9 heteroatoms. The Morgan fingerprint density at radius 1 is 1.45 bits per heavy atom. The second kappa shape index (κ2) is 7.44. The quantitative estimate of drug-likeness (QED) is 0.671. The van der Waals surface area contributed by atoms with Crippen LogP contribution in [0.25, 0.3) is 0 Å². The predicted molar refractivity (Wildman–Crippen MR) is 71.3 cm³/mol. The first-order valence-corrected chi connectivity index (χ1v) is 8.13. The van der Waals surface area contributed by atoms with E-state index in [-0.39, 0.29) is 24.7 Å². The van der Waals surface area contributed by atoms with Gasteiger partial charge in [-0.25, -0.2) is 13.2 Å². The molecular formula is C11H20N2O6S. The summed E-state index contributed by atoms with van der Waals surface area (Å²) >= 11 is 0. The van der Waals surface area contributed by atoms with Crippen LogP contribution in [0.5, 0.6) is 0 Å². The predicted octanol–water partition coefficient (Wildman–Crippen LogP) is -0.694. The fourth-order valence-corrected chi connectivity index (χ4v) is 3.66. The van der Waals surface area contributed by atoms with E-state index in [1.807, 2.05) is 0 Å². The van der Waals surface area contributed by atoms with Gasteiger partial charge in [-0.05, 0) is 12.8 Å². The van der Waals surface area contributed by atoms with Gasteiger partial charge in [-0.15, -0.1) is 0 Å². The van der Waals surface area contributed by atoms with E-state index >= 15 is 0 Å². The van der Waals surface area contributed by atoms with Crippen molar-refractivity contribution in [3.05, 3.63) is 0 Å². The minimum Gasteiger partial charge on any atom is -0.480 e. The molecule has 116 valence electrons. The van der Waals surface area contributed by atoms with Crippen molar-refractivity contribution in [2.75, 3.05) is 38.3 Å². The smallest absolute Gasteiger partial charge is 0.323 e. The standard InChI is InChI=1S/C11H20N2O6S/c1-19-5-4-13(7-10(14)15)11(16)12-9-3-2-6-20(17,18)8-9/h9H,2-8H2,1H3,(H,12,16)(H,14,15). The lowest BCUT2D eigenvalue weighted by Crippen LogP contribution is -2.50. The highest BCUT2D eigenvalue weighted by atomic mass is 32.2. The first-order valence-electron chi connectivity index (χ1n) is 6.30. The van der Waals surface area contributed by atoms with Gasteiger partial charge in [0.15, 0.2) is 9.84 Å². The van der Waals surface area contributed by atoms with Crippen LogP contribution in [0, 0.1) is 0 Å². The third kappa shape index (κ3) is 5.74. The normalized spacial score (nSPS) is 21.1. The number of methoxy groups -OCH3 is 1. The van der Waals surface area contributed by atoms with Gasteiger partial charge >= 0.3 is 12.0 Å². The molecule has 0 spiro atoms. The van der Waals surface area contributed by atoms with Crippen LogP contribution in [0.15, 0.2) is 0 Å². The highest BCUT2D eigenvalue weighted by molar-refractivity contribution is 7.91. The van der Waals surface area contributed by atoms with Gasteiger partial charge in [-0.2, -0.15) is 0 Å². The van der Waals surface area contributed by atoms with Gasteiger partial charge < -0.3 is 20.1 Å². The lowest BCUT2D eigenvalue weighted by Gasteiger charge is -2.27. The summed E-state index contributed by atoms with van der Waals surface area (Å²) in [5.74, 6) is -1.08. The van der Waals surface area contributed by atoms with Crippen LogP contribution in [-0.2, 0) is 19.4 Å². The molecule has 1 fully saturated rings. The molecule has 1 rings (SSSR count). The maximum absolute atomic E-state index is 12.0. The molecule has 0 radical (unpaired) electrons. The van der Waals surface area contributed by atoms with E-state index in [0.717, 1.165) is 4.90 Å².